The Labute approximate surface area is 303 Å². The Morgan fingerprint density at radius 3 is 1.31 bits per heavy atom. The first-order valence-electron chi connectivity index (χ1n) is 17.5. The van der Waals surface area contributed by atoms with Gasteiger partial charge in [0.1, 0.15) is 0 Å². The summed E-state index contributed by atoms with van der Waals surface area (Å²) in [6.07, 6.45) is 1.86. The van der Waals surface area contributed by atoms with Gasteiger partial charge in [-0.25, -0.2) is 15.0 Å². The van der Waals surface area contributed by atoms with Crippen molar-refractivity contribution in [2.75, 3.05) is 0 Å². The number of benzene rings is 7. The molecule has 0 saturated carbocycles. The Morgan fingerprint density at radius 1 is 0.327 bits per heavy atom. The maximum atomic E-state index is 5.00. The topological polar surface area (TPSA) is 51.6 Å². The number of rotatable bonds is 6. The van der Waals surface area contributed by atoms with E-state index in [0.717, 1.165) is 38.7 Å². The summed E-state index contributed by atoms with van der Waals surface area (Å²) < 4.78 is 0. The van der Waals surface area contributed by atoms with Gasteiger partial charge < -0.3 is 0 Å². The van der Waals surface area contributed by atoms with E-state index in [1.54, 1.807) is 0 Å². The van der Waals surface area contributed by atoms with Crippen LogP contribution in [0, 0.1) is 13.8 Å². The van der Waals surface area contributed by atoms with Crippen molar-refractivity contribution in [1.29, 1.82) is 0 Å². The van der Waals surface area contributed by atoms with Gasteiger partial charge in [0.25, 0.3) is 0 Å². The van der Waals surface area contributed by atoms with E-state index >= 15 is 0 Å². The molecule has 0 atom stereocenters. The second-order valence-electron chi connectivity index (χ2n) is 13.4. The van der Waals surface area contributed by atoms with E-state index < -0.39 is 0 Å². The highest BCUT2D eigenvalue weighted by atomic mass is 15.0. The highest BCUT2D eigenvalue weighted by molar-refractivity contribution is 5.89. The second kappa shape index (κ2) is 13.2. The molecule has 52 heavy (non-hydrogen) atoms. The van der Waals surface area contributed by atoms with Gasteiger partial charge in [0.05, 0.1) is 5.69 Å². The Balaban J connectivity index is 1.07. The molecule has 7 aromatic carbocycles. The standard InChI is InChI=1S/C48H34N4/c1-31-25-32(2)27-42(26-31)44-14-8-7-13-43(44)35-17-19-36(20-18-35)45-24-23-41(30-49-45)48-51-46(39-21-15-33-9-3-5-11-37(33)28-39)50-47(52-48)40-22-16-34-10-4-6-12-38(34)29-40/h3-30H,1-2H3. The minimum atomic E-state index is 0.582. The van der Waals surface area contributed by atoms with Gasteiger partial charge in [-0.3, -0.25) is 4.98 Å². The lowest BCUT2D eigenvalue weighted by molar-refractivity contribution is 1.07. The fourth-order valence-electron chi connectivity index (χ4n) is 7.05. The number of fused-ring (bicyclic) bond motifs is 2. The molecule has 2 heterocycles. The Morgan fingerprint density at radius 2 is 0.769 bits per heavy atom. The predicted octanol–water partition coefficient (Wildman–Crippen LogP) is 12.2. The molecule has 246 valence electrons. The molecule has 0 amide bonds. The molecule has 0 saturated heterocycles. The van der Waals surface area contributed by atoms with E-state index in [0.29, 0.717) is 17.5 Å². The molecule has 0 spiro atoms. The second-order valence-corrected chi connectivity index (χ2v) is 13.4. The van der Waals surface area contributed by atoms with E-state index in [9.17, 15) is 0 Å². The van der Waals surface area contributed by atoms with Crippen LogP contribution in [0.2, 0.25) is 0 Å². The summed E-state index contributed by atoms with van der Waals surface area (Å²) in [6.45, 7) is 4.31. The van der Waals surface area contributed by atoms with Gasteiger partial charge in [-0.15, -0.1) is 0 Å². The first kappa shape index (κ1) is 31.2. The van der Waals surface area contributed by atoms with Crippen LogP contribution in [0.15, 0.2) is 170 Å². The number of pyridine rings is 1. The molecular weight excluding hydrogens is 633 g/mol. The quantitative estimate of drug-likeness (QED) is 0.177. The molecule has 0 aliphatic rings. The summed E-state index contributed by atoms with van der Waals surface area (Å²) in [5.74, 6) is 1.83. The molecule has 0 aliphatic carbocycles. The van der Waals surface area contributed by atoms with E-state index in [2.05, 4.69) is 172 Å². The van der Waals surface area contributed by atoms with Crippen molar-refractivity contribution < 1.29 is 0 Å². The molecule has 0 N–H and O–H groups in total. The highest BCUT2D eigenvalue weighted by Gasteiger charge is 2.15. The van der Waals surface area contributed by atoms with Crippen molar-refractivity contribution in [1.82, 2.24) is 19.9 Å². The SMILES string of the molecule is Cc1cc(C)cc(-c2ccccc2-c2ccc(-c3ccc(-c4nc(-c5ccc6ccccc6c5)nc(-c5ccc6ccccc6c5)n4)cn3)cc2)c1. The van der Waals surface area contributed by atoms with Crippen LogP contribution in [0.4, 0.5) is 0 Å². The molecule has 0 unspecified atom stereocenters. The molecule has 4 nitrogen and oxygen atoms in total. The largest absolute Gasteiger partial charge is 0.255 e. The molecule has 9 aromatic rings. The van der Waals surface area contributed by atoms with Crippen molar-refractivity contribution >= 4 is 21.5 Å². The molecular formula is C48H34N4. The third kappa shape index (κ3) is 6.12. The lowest BCUT2D eigenvalue weighted by Crippen LogP contribution is -2.00. The minimum Gasteiger partial charge on any atom is -0.255 e. The van der Waals surface area contributed by atoms with Crippen LogP contribution in [-0.2, 0) is 0 Å². The van der Waals surface area contributed by atoms with Crippen LogP contribution in [0.3, 0.4) is 0 Å². The lowest BCUT2D eigenvalue weighted by atomic mass is 9.92. The van der Waals surface area contributed by atoms with Crippen molar-refractivity contribution in [3.63, 3.8) is 0 Å². The maximum Gasteiger partial charge on any atom is 0.165 e. The lowest BCUT2D eigenvalue weighted by Gasteiger charge is -2.12. The van der Waals surface area contributed by atoms with Gasteiger partial charge in [-0.05, 0) is 81.9 Å². The van der Waals surface area contributed by atoms with E-state index in [1.165, 1.54) is 44.2 Å². The monoisotopic (exact) mass is 666 g/mol. The Bertz CT molecular complexity index is 2630. The summed E-state index contributed by atoms with van der Waals surface area (Å²) in [6, 6.07) is 57.5. The van der Waals surface area contributed by atoms with Crippen LogP contribution in [0.25, 0.3) is 89.2 Å². The normalized spacial score (nSPS) is 11.3. The van der Waals surface area contributed by atoms with Crippen molar-refractivity contribution in [2.24, 2.45) is 0 Å². The summed E-state index contributed by atoms with van der Waals surface area (Å²) in [7, 11) is 0. The third-order valence-corrected chi connectivity index (χ3v) is 9.62. The van der Waals surface area contributed by atoms with E-state index in [-0.39, 0.29) is 0 Å². The van der Waals surface area contributed by atoms with Crippen LogP contribution < -0.4 is 0 Å². The van der Waals surface area contributed by atoms with Crippen molar-refractivity contribution in [2.45, 2.75) is 13.8 Å². The third-order valence-electron chi connectivity index (χ3n) is 9.62. The average Bonchev–Trinajstić information content (AvgIpc) is 3.20. The van der Waals surface area contributed by atoms with Gasteiger partial charge in [-0.1, -0.05) is 151 Å². The fourth-order valence-corrected chi connectivity index (χ4v) is 7.05. The summed E-state index contributed by atoms with van der Waals surface area (Å²) in [5, 5.41) is 4.63. The zero-order valence-electron chi connectivity index (χ0n) is 29.0. The van der Waals surface area contributed by atoms with Gasteiger partial charge in [0.15, 0.2) is 17.5 Å². The highest BCUT2D eigenvalue weighted by Crippen LogP contribution is 2.35. The smallest absolute Gasteiger partial charge is 0.165 e. The fraction of sp³-hybridized carbons (Fsp3) is 0.0417. The molecule has 0 radical (unpaired) electrons. The maximum absolute atomic E-state index is 5.00. The number of hydrogen-bond acceptors (Lipinski definition) is 4. The van der Waals surface area contributed by atoms with Gasteiger partial charge in [-0.2, -0.15) is 0 Å². The summed E-state index contributed by atoms with van der Waals surface area (Å²) in [5.41, 5.74) is 12.0. The van der Waals surface area contributed by atoms with Crippen LogP contribution in [0.5, 0.6) is 0 Å². The zero-order chi connectivity index (χ0) is 35.0. The number of hydrogen-bond donors (Lipinski definition) is 0. The molecule has 2 aromatic heterocycles. The first-order chi connectivity index (χ1) is 25.5. The molecule has 0 aliphatic heterocycles. The van der Waals surface area contributed by atoms with Crippen LogP contribution in [0.1, 0.15) is 11.1 Å². The van der Waals surface area contributed by atoms with Gasteiger partial charge in [0.2, 0.25) is 0 Å². The molecule has 0 fully saturated rings. The Kier molecular flexibility index (Phi) is 7.90. The zero-order valence-corrected chi connectivity index (χ0v) is 29.0. The minimum absolute atomic E-state index is 0.582. The van der Waals surface area contributed by atoms with Crippen molar-refractivity contribution in [3.8, 4) is 67.7 Å². The predicted molar refractivity (Wildman–Crippen MR) is 215 cm³/mol. The number of nitrogens with zero attached hydrogens (tertiary/aromatic N) is 4. The van der Waals surface area contributed by atoms with Gasteiger partial charge >= 0.3 is 0 Å². The first-order valence-corrected chi connectivity index (χ1v) is 17.5. The van der Waals surface area contributed by atoms with E-state index in [1.807, 2.05) is 12.3 Å². The number of aromatic nitrogens is 4. The molecule has 0 bridgehead atoms. The Hall–Kier alpha value is -6.78. The molecule has 9 rings (SSSR count). The summed E-state index contributed by atoms with van der Waals surface area (Å²) >= 11 is 0. The van der Waals surface area contributed by atoms with Crippen LogP contribution in [-0.4, -0.2) is 19.9 Å². The number of aryl methyl sites for hydroxylation is 2. The molecule has 4 heteroatoms. The average molecular weight is 667 g/mol. The van der Waals surface area contributed by atoms with E-state index in [4.69, 9.17) is 19.9 Å². The van der Waals surface area contributed by atoms with Crippen LogP contribution >= 0.6 is 0 Å². The van der Waals surface area contributed by atoms with Crippen molar-refractivity contribution in [3.05, 3.63) is 181 Å². The van der Waals surface area contributed by atoms with Gasteiger partial charge in [0, 0.05) is 28.5 Å². The summed E-state index contributed by atoms with van der Waals surface area (Å²) in [4.78, 5) is 19.9.